The van der Waals surface area contributed by atoms with Crippen LogP contribution in [0.3, 0.4) is 0 Å². The molecule has 8 aliphatic rings. The fourth-order valence-corrected chi connectivity index (χ4v) is 12.1. The van der Waals surface area contributed by atoms with Crippen LogP contribution in [0.1, 0.15) is 13.8 Å². The van der Waals surface area contributed by atoms with Gasteiger partial charge in [-0.25, -0.2) is 0 Å². The number of ether oxygens (including phenoxy) is 15. The Morgan fingerprint density at radius 2 is 0.568 bits per heavy atom. The first-order valence-corrected chi connectivity index (χ1v) is 30.1. The Kier molecular flexibility index (Phi) is 27.9. The Balaban J connectivity index is 1.11. The number of amides is 2. The average Bonchev–Trinajstić information content (AvgIpc) is 0.785. The van der Waals surface area contributed by atoms with E-state index in [1.807, 2.05) is 0 Å². The molecule has 40 atom stereocenters. The van der Waals surface area contributed by atoms with E-state index in [2.05, 4.69) is 10.6 Å². The van der Waals surface area contributed by atoms with Crippen molar-refractivity contribution in [1.29, 1.82) is 0 Å². The standard InChI is InChI=1S/C52H88N2O41/c1-11(62)53-21-29(70)39(18(8-60)82-45(21)80)90-46-22(54-12(2)63)30(71)40(19(9-61)88-46)91-49-38(79)41(28(69)20(89-49)10-81-47-36(77)31(72)23(64)13(3-55)83-47)92-50-43(34(75)26(67)15(5-57)85-50)94-52-44(35(76)27(68)17(7-59)87-52)95-51-42(33(74)25(66)16(6-58)86-51)93-48-37(78)32(73)24(65)14(4-56)84-48/h13-52,55-61,64-80H,3-10H2,1-2H3,(H,53,62)(H,54,63)/t13-,14-,15-,16-,17-,18-,19-,20-,21-,22-,23-,24-,25-,26-,27-,28-,29-,30-,31+,32+,33+,34+,35+,36+,37-,38+,39-,40-,41+,42+,43+,44+,45-,46+,47+,48-,49+,50-,51-,52-/m1/s1. The average molecular weight is 1400 g/mol. The number of nitrogens with one attached hydrogen (secondary N) is 2. The molecule has 95 heavy (non-hydrogen) atoms. The van der Waals surface area contributed by atoms with Crippen molar-refractivity contribution >= 4 is 11.8 Å². The molecule has 0 saturated carbocycles. The first-order chi connectivity index (χ1) is 45.0. The van der Waals surface area contributed by atoms with Crippen molar-refractivity contribution in [2.24, 2.45) is 0 Å². The lowest BCUT2D eigenvalue weighted by molar-refractivity contribution is -0.414. The molecule has 8 heterocycles. The highest BCUT2D eigenvalue weighted by atomic mass is 16.8. The Morgan fingerprint density at radius 3 is 0.989 bits per heavy atom. The zero-order chi connectivity index (χ0) is 69.9. The summed E-state index contributed by atoms with van der Waals surface area (Å²) in [7, 11) is 0. The number of rotatable bonds is 24. The summed E-state index contributed by atoms with van der Waals surface area (Å²) < 4.78 is 87.2. The van der Waals surface area contributed by atoms with Crippen molar-refractivity contribution in [2.75, 3.05) is 52.9 Å². The monoisotopic (exact) mass is 1400 g/mol. The van der Waals surface area contributed by atoms with Gasteiger partial charge in [-0.1, -0.05) is 0 Å². The van der Waals surface area contributed by atoms with E-state index in [1.54, 1.807) is 0 Å². The second-order valence-corrected chi connectivity index (χ2v) is 23.9. The molecule has 0 unspecified atom stereocenters. The lowest BCUT2D eigenvalue weighted by atomic mass is 9.94. The van der Waals surface area contributed by atoms with Crippen molar-refractivity contribution in [1.82, 2.24) is 10.6 Å². The number of carbonyl (C=O) groups excluding carboxylic acids is 2. The predicted molar refractivity (Wildman–Crippen MR) is 288 cm³/mol. The van der Waals surface area contributed by atoms with Gasteiger partial charge in [-0.05, 0) is 0 Å². The highest BCUT2D eigenvalue weighted by molar-refractivity contribution is 5.73. The topological polar surface area (TPSA) is 682 Å². The molecule has 26 N–H and O–H groups in total. The smallest absolute Gasteiger partial charge is 0.217 e. The third-order valence-corrected chi connectivity index (χ3v) is 17.4. The van der Waals surface area contributed by atoms with Crippen LogP contribution in [-0.4, -0.2) is 433 Å². The minimum Gasteiger partial charge on any atom is -0.394 e. The quantitative estimate of drug-likeness (QED) is 0.0427. The SMILES string of the molecule is CC(=O)N[C@@H]1[C@@H](O)[C@H](O[C@@H]2O[C@H](CO)[C@@H](O[C@@H]3O[C@H](CO[C@H]4O[C@H](CO)[C@@H](O)[C@H](O)[C@@H]4O)[C@@H](O)[C@H](O[C@H]4O[C@H](CO)[C@@H](O)[C@H](O)[C@@H]4O[C@H]4O[C@H](CO)[C@@H](O)[C@H](O)[C@@H]4O[C@H]4O[C@H](CO)[C@@H](O)[C@H](O)[C@@H]4O[C@H]4O[C@H](CO)[C@@H](O)[C@H](O)[C@H]4O)[C@@H]3O)[C@H](O)[C@H]2NC(C)=O)[C@@H](CO)O[C@H]1O. The van der Waals surface area contributed by atoms with E-state index in [0.29, 0.717) is 0 Å². The first-order valence-electron chi connectivity index (χ1n) is 30.1. The third kappa shape index (κ3) is 16.8. The van der Waals surface area contributed by atoms with Crippen LogP contribution < -0.4 is 10.6 Å². The summed E-state index contributed by atoms with van der Waals surface area (Å²) in [6.45, 7) is -6.44. The van der Waals surface area contributed by atoms with Crippen LogP contribution in [0.15, 0.2) is 0 Å². The van der Waals surface area contributed by atoms with Crippen LogP contribution in [0, 0.1) is 0 Å². The second-order valence-electron chi connectivity index (χ2n) is 23.9. The van der Waals surface area contributed by atoms with Gasteiger partial charge in [0.15, 0.2) is 50.3 Å². The highest BCUT2D eigenvalue weighted by Crippen LogP contribution is 2.39. The number of carbonyl (C=O) groups is 2. The van der Waals surface area contributed by atoms with Gasteiger partial charge in [0.25, 0.3) is 0 Å². The Morgan fingerprint density at radius 1 is 0.274 bits per heavy atom. The van der Waals surface area contributed by atoms with Crippen LogP contribution in [0.25, 0.3) is 0 Å². The van der Waals surface area contributed by atoms with Gasteiger partial charge in [-0.3, -0.25) is 9.59 Å². The van der Waals surface area contributed by atoms with Crippen LogP contribution in [0.5, 0.6) is 0 Å². The van der Waals surface area contributed by atoms with E-state index in [-0.39, 0.29) is 0 Å². The lowest BCUT2D eigenvalue weighted by Crippen LogP contribution is -2.70. The molecule has 0 spiro atoms. The van der Waals surface area contributed by atoms with E-state index in [9.17, 15) is 132 Å². The van der Waals surface area contributed by atoms with Crippen molar-refractivity contribution in [3.63, 3.8) is 0 Å². The predicted octanol–water partition coefficient (Wildman–Crippen LogP) is -18.2. The van der Waals surface area contributed by atoms with E-state index in [1.165, 1.54) is 0 Å². The van der Waals surface area contributed by atoms with Gasteiger partial charge < -0.3 is 204 Å². The summed E-state index contributed by atoms with van der Waals surface area (Å²) in [5, 5.41) is 267. The van der Waals surface area contributed by atoms with E-state index in [4.69, 9.17) is 71.1 Å². The molecule has 0 bridgehead atoms. The summed E-state index contributed by atoms with van der Waals surface area (Å²) in [5.74, 6) is -1.66. The summed E-state index contributed by atoms with van der Waals surface area (Å²) >= 11 is 0. The maximum Gasteiger partial charge on any atom is 0.217 e. The van der Waals surface area contributed by atoms with E-state index in [0.717, 1.165) is 13.8 Å². The fraction of sp³-hybridized carbons (Fsp3) is 0.962. The van der Waals surface area contributed by atoms with Crippen LogP contribution in [0.2, 0.25) is 0 Å². The Hall–Kier alpha value is -2.62. The molecule has 8 fully saturated rings. The normalized spacial score (nSPS) is 50.8. The largest absolute Gasteiger partial charge is 0.394 e. The molecule has 8 saturated heterocycles. The molecule has 8 aliphatic heterocycles. The molecular formula is C52H88N2O41. The zero-order valence-electron chi connectivity index (χ0n) is 50.4. The van der Waals surface area contributed by atoms with Crippen molar-refractivity contribution in [2.45, 2.75) is 259 Å². The van der Waals surface area contributed by atoms with Gasteiger partial charge in [-0.15, -0.1) is 0 Å². The Bertz CT molecular complexity index is 2380. The van der Waals surface area contributed by atoms with Gasteiger partial charge in [0, 0.05) is 13.8 Å². The number of aliphatic hydroxyl groups is 24. The first kappa shape index (κ1) is 78.1. The molecule has 0 aromatic rings. The van der Waals surface area contributed by atoms with E-state index >= 15 is 0 Å². The van der Waals surface area contributed by atoms with Gasteiger partial charge in [-0.2, -0.15) is 0 Å². The summed E-state index contributed by atoms with van der Waals surface area (Å²) in [4.78, 5) is 24.8. The second kappa shape index (κ2) is 33.9. The number of aliphatic hydroxyl groups excluding tert-OH is 24. The molecule has 552 valence electrons. The molecular weight excluding hydrogens is 1310 g/mol. The van der Waals surface area contributed by atoms with Gasteiger partial charge >= 0.3 is 0 Å². The minimum absolute atomic E-state index is 0.760. The third-order valence-electron chi connectivity index (χ3n) is 17.4. The maximum absolute atomic E-state index is 12.8. The number of hydrogen-bond donors (Lipinski definition) is 26. The Labute approximate surface area is 536 Å². The number of hydrogen-bond acceptors (Lipinski definition) is 41. The highest BCUT2D eigenvalue weighted by Gasteiger charge is 2.60. The summed E-state index contributed by atoms with van der Waals surface area (Å²) in [6.07, 6.45) is -79.1. The molecule has 0 radical (unpaired) electrons. The van der Waals surface area contributed by atoms with Crippen molar-refractivity contribution < 1.29 is 203 Å². The fourth-order valence-electron chi connectivity index (χ4n) is 12.1. The van der Waals surface area contributed by atoms with Gasteiger partial charge in [0.05, 0.1) is 52.9 Å². The van der Waals surface area contributed by atoms with Crippen LogP contribution >= 0.6 is 0 Å². The summed E-state index contributed by atoms with van der Waals surface area (Å²) in [5.41, 5.74) is 0. The lowest BCUT2D eigenvalue weighted by Gasteiger charge is -2.51. The maximum atomic E-state index is 12.8. The van der Waals surface area contributed by atoms with E-state index < -0.39 is 310 Å². The van der Waals surface area contributed by atoms with Gasteiger partial charge in [0.2, 0.25) is 11.8 Å². The van der Waals surface area contributed by atoms with Gasteiger partial charge in [0.1, 0.15) is 195 Å². The molecule has 0 aliphatic carbocycles. The van der Waals surface area contributed by atoms with Crippen LogP contribution in [-0.2, 0) is 80.6 Å². The van der Waals surface area contributed by atoms with Crippen molar-refractivity contribution in [3.05, 3.63) is 0 Å². The molecule has 0 aromatic heterocycles. The molecule has 43 heteroatoms. The van der Waals surface area contributed by atoms with Crippen molar-refractivity contribution in [3.8, 4) is 0 Å². The molecule has 8 rings (SSSR count). The summed E-state index contributed by atoms with van der Waals surface area (Å²) in [6, 6.07) is -3.46. The zero-order valence-corrected chi connectivity index (χ0v) is 50.4. The molecule has 0 aromatic carbocycles. The molecule has 43 nitrogen and oxygen atoms in total. The van der Waals surface area contributed by atoms with Crippen LogP contribution in [0.4, 0.5) is 0 Å². The minimum atomic E-state index is -2.49. The molecule has 2 amide bonds.